The van der Waals surface area contributed by atoms with Crippen LogP contribution in [-0.4, -0.2) is 67.5 Å². The SMILES string of the molecule is O=c1[nH]c(=O)n(OC2O[C@H](CO)[C@@H](O)[C@H](O)[C@H]2O)cc1F. The third-order valence-corrected chi connectivity index (χ3v) is 2.93. The zero-order valence-corrected chi connectivity index (χ0v) is 10.4. The van der Waals surface area contributed by atoms with E-state index in [0.717, 1.165) is 0 Å². The summed E-state index contributed by atoms with van der Waals surface area (Å²) in [4.78, 5) is 28.7. The Morgan fingerprint density at radius 2 is 1.95 bits per heavy atom. The molecule has 0 saturated carbocycles. The molecule has 10 nitrogen and oxygen atoms in total. The summed E-state index contributed by atoms with van der Waals surface area (Å²) in [5.74, 6) is -1.32. The Bertz CT molecular complexity index is 614. The second-order valence-electron chi connectivity index (χ2n) is 4.36. The number of ether oxygens (including phenoxy) is 1. The molecule has 1 aromatic rings. The van der Waals surface area contributed by atoms with Crippen LogP contribution in [0.15, 0.2) is 15.8 Å². The second kappa shape index (κ2) is 5.91. The average molecular weight is 308 g/mol. The number of aliphatic hydroxyl groups is 4. The molecule has 0 bridgehead atoms. The van der Waals surface area contributed by atoms with Gasteiger partial charge in [0.05, 0.1) is 12.8 Å². The van der Waals surface area contributed by atoms with Crippen molar-refractivity contribution >= 4 is 0 Å². The van der Waals surface area contributed by atoms with E-state index in [0.29, 0.717) is 6.20 Å². The highest BCUT2D eigenvalue weighted by Gasteiger charge is 2.45. The molecule has 2 rings (SSSR count). The van der Waals surface area contributed by atoms with Gasteiger partial charge < -0.3 is 30.0 Å². The Morgan fingerprint density at radius 1 is 1.29 bits per heavy atom. The number of aromatic nitrogens is 2. The minimum absolute atomic E-state index is 0.253. The summed E-state index contributed by atoms with van der Waals surface area (Å²) < 4.78 is 18.3. The van der Waals surface area contributed by atoms with Crippen LogP contribution in [0.4, 0.5) is 4.39 Å². The van der Waals surface area contributed by atoms with Gasteiger partial charge in [0.15, 0.2) is 0 Å². The number of halogens is 1. The van der Waals surface area contributed by atoms with Gasteiger partial charge >= 0.3 is 5.69 Å². The molecule has 21 heavy (non-hydrogen) atoms. The Hall–Kier alpha value is -1.79. The molecule has 0 radical (unpaired) electrons. The van der Waals surface area contributed by atoms with E-state index in [1.165, 1.54) is 0 Å². The van der Waals surface area contributed by atoms with Gasteiger partial charge in [-0.3, -0.25) is 9.78 Å². The maximum absolute atomic E-state index is 13.1. The molecule has 0 spiro atoms. The van der Waals surface area contributed by atoms with Crippen LogP contribution in [-0.2, 0) is 4.74 Å². The molecule has 118 valence electrons. The maximum Gasteiger partial charge on any atom is 0.361 e. The van der Waals surface area contributed by atoms with Gasteiger partial charge in [0, 0.05) is 0 Å². The van der Waals surface area contributed by atoms with E-state index in [1.807, 2.05) is 0 Å². The lowest BCUT2D eigenvalue weighted by Gasteiger charge is -2.39. The molecule has 1 saturated heterocycles. The highest BCUT2D eigenvalue weighted by molar-refractivity contribution is 4.90. The van der Waals surface area contributed by atoms with Gasteiger partial charge in [-0.1, -0.05) is 0 Å². The predicted octanol–water partition coefficient (Wildman–Crippen LogP) is -4.10. The summed E-state index contributed by atoms with van der Waals surface area (Å²) in [6.45, 7) is -0.695. The fourth-order valence-electron chi connectivity index (χ4n) is 1.78. The minimum Gasteiger partial charge on any atom is -0.394 e. The Kier molecular flexibility index (Phi) is 4.39. The van der Waals surface area contributed by atoms with Gasteiger partial charge in [0.25, 0.3) is 11.8 Å². The Labute approximate surface area is 115 Å². The number of hydrogen-bond donors (Lipinski definition) is 5. The lowest BCUT2D eigenvalue weighted by atomic mass is 9.99. The van der Waals surface area contributed by atoms with Crippen LogP contribution in [0.3, 0.4) is 0 Å². The van der Waals surface area contributed by atoms with Crippen molar-refractivity contribution in [3.05, 3.63) is 32.9 Å². The van der Waals surface area contributed by atoms with Crippen LogP contribution in [0, 0.1) is 5.82 Å². The molecule has 1 aliphatic heterocycles. The quantitative estimate of drug-likeness (QED) is 0.377. The third-order valence-electron chi connectivity index (χ3n) is 2.93. The van der Waals surface area contributed by atoms with Crippen molar-refractivity contribution in [3.63, 3.8) is 0 Å². The van der Waals surface area contributed by atoms with E-state index < -0.39 is 54.4 Å². The van der Waals surface area contributed by atoms with Crippen molar-refractivity contribution in [2.75, 3.05) is 6.61 Å². The summed E-state index contributed by atoms with van der Waals surface area (Å²) >= 11 is 0. The molecule has 0 aromatic carbocycles. The molecule has 0 aliphatic carbocycles. The molecule has 5 N–H and O–H groups in total. The van der Waals surface area contributed by atoms with Crippen LogP contribution in [0.5, 0.6) is 0 Å². The molecule has 2 heterocycles. The number of rotatable bonds is 3. The molecule has 1 fully saturated rings. The van der Waals surface area contributed by atoms with Crippen LogP contribution in [0.1, 0.15) is 0 Å². The first kappa shape index (κ1) is 15.6. The summed E-state index contributed by atoms with van der Waals surface area (Å²) in [5.41, 5.74) is -2.40. The second-order valence-corrected chi connectivity index (χ2v) is 4.36. The number of aliphatic hydroxyl groups excluding tert-OH is 4. The first-order valence-electron chi connectivity index (χ1n) is 5.84. The van der Waals surface area contributed by atoms with Gasteiger partial charge in [-0.05, 0) is 0 Å². The summed E-state index contributed by atoms with van der Waals surface area (Å²) in [6.07, 6.45) is -7.61. The third kappa shape index (κ3) is 2.96. The summed E-state index contributed by atoms with van der Waals surface area (Å²) in [7, 11) is 0. The van der Waals surface area contributed by atoms with Crippen LogP contribution in [0.25, 0.3) is 0 Å². The van der Waals surface area contributed by atoms with E-state index in [9.17, 15) is 29.3 Å². The highest BCUT2D eigenvalue weighted by atomic mass is 19.1. The van der Waals surface area contributed by atoms with E-state index in [4.69, 9.17) is 14.7 Å². The van der Waals surface area contributed by atoms with E-state index in [1.54, 1.807) is 4.98 Å². The van der Waals surface area contributed by atoms with Gasteiger partial charge in [-0.25, -0.2) is 4.79 Å². The van der Waals surface area contributed by atoms with E-state index in [2.05, 4.69) is 0 Å². The smallest absolute Gasteiger partial charge is 0.361 e. The molecule has 11 heteroatoms. The normalized spacial score (nSPS) is 32.9. The number of hydrogen-bond acceptors (Lipinski definition) is 8. The van der Waals surface area contributed by atoms with E-state index >= 15 is 0 Å². The molecule has 5 atom stereocenters. The number of H-pyrrole nitrogens is 1. The van der Waals surface area contributed by atoms with Crippen LogP contribution < -0.4 is 16.1 Å². The number of aromatic amines is 1. The lowest BCUT2D eigenvalue weighted by molar-refractivity contribution is -0.301. The molecular formula is C10H13FN2O8. The van der Waals surface area contributed by atoms with Crippen molar-refractivity contribution in [1.29, 1.82) is 0 Å². The van der Waals surface area contributed by atoms with E-state index in [-0.39, 0.29) is 4.73 Å². The maximum atomic E-state index is 13.1. The predicted molar refractivity (Wildman–Crippen MR) is 61.6 cm³/mol. The molecule has 1 unspecified atom stereocenters. The summed E-state index contributed by atoms with van der Waals surface area (Å²) in [5, 5.41) is 37.7. The fourth-order valence-corrected chi connectivity index (χ4v) is 1.78. The standard InChI is InChI=1S/C10H13FN2O8/c11-3-1-13(10(19)12-8(3)18)21-9-7(17)6(16)5(15)4(2-14)20-9/h1,4-7,9,14-17H,2H2,(H,12,18,19)/t4-,5-,6+,7-,9?/m1/s1. The zero-order chi connectivity index (χ0) is 15.7. The van der Waals surface area contributed by atoms with Gasteiger partial charge in [-0.15, -0.1) is 4.73 Å². The lowest BCUT2D eigenvalue weighted by Crippen LogP contribution is -2.61. The molecule has 0 amide bonds. The Morgan fingerprint density at radius 3 is 2.57 bits per heavy atom. The summed E-state index contributed by atoms with van der Waals surface area (Å²) in [6, 6.07) is 0. The van der Waals surface area contributed by atoms with Crippen LogP contribution in [0.2, 0.25) is 0 Å². The fraction of sp³-hybridized carbons (Fsp3) is 0.600. The average Bonchev–Trinajstić information content (AvgIpc) is 2.45. The van der Waals surface area contributed by atoms with Gasteiger partial charge in [0.1, 0.15) is 24.4 Å². The molecule has 1 aromatic heterocycles. The van der Waals surface area contributed by atoms with Gasteiger partial charge in [-0.2, -0.15) is 4.39 Å². The highest BCUT2D eigenvalue weighted by Crippen LogP contribution is 2.20. The topological polar surface area (TPSA) is 154 Å². The van der Waals surface area contributed by atoms with Crippen LogP contribution >= 0.6 is 0 Å². The van der Waals surface area contributed by atoms with Crippen molar-refractivity contribution in [2.45, 2.75) is 30.7 Å². The monoisotopic (exact) mass is 308 g/mol. The van der Waals surface area contributed by atoms with Crippen molar-refractivity contribution in [1.82, 2.24) is 9.71 Å². The first-order chi connectivity index (χ1) is 9.85. The molecule has 1 aliphatic rings. The number of nitrogens with zero attached hydrogens (tertiary/aromatic N) is 1. The first-order valence-corrected chi connectivity index (χ1v) is 5.84. The zero-order valence-electron chi connectivity index (χ0n) is 10.4. The largest absolute Gasteiger partial charge is 0.394 e. The number of nitrogens with one attached hydrogen (secondary N) is 1. The van der Waals surface area contributed by atoms with Crippen molar-refractivity contribution in [2.24, 2.45) is 0 Å². The van der Waals surface area contributed by atoms with Crippen molar-refractivity contribution in [3.8, 4) is 0 Å². The van der Waals surface area contributed by atoms with Gasteiger partial charge in [0.2, 0.25) is 5.82 Å². The van der Waals surface area contributed by atoms with Crippen molar-refractivity contribution < 1.29 is 34.4 Å². The molecular weight excluding hydrogens is 295 g/mol. The Balaban J connectivity index is 2.24. The minimum atomic E-state index is -1.77.